The van der Waals surface area contributed by atoms with Gasteiger partial charge in [-0.15, -0.1) is 0 Å². The van der Waals surface area contributed by atoms with E-state index in [1.54, 1.807) is 12.1 Å². The van der Waals surface area contributed by atoms with Crippen LogP contribution >= 0.6 is 11.6 Å². The quantitative estimate of drug-likeness (QED) is 0.741. The molecule has 0 saturated carbocycles. The van der Waals surface area contributed by atoms with Crippen LogP contribution in [0.2, 0.25) is 5.02 Å². The second-order valence-electron chi connectivity index (χ2n) is 6.60. The Hall–Kier alpha value is -2.98. The maximum absolute atomic E-state index is 12.7. The van der Waals surface area contributed by atoms with Gasteiger partial charge in [0.05, 0.1) is 42.9 Å². The Bertz CT molecular complexity index is 903. The molecule has 2 aromatic rings. The van der Waals surface area contributed by atoms with Gasteiger partial charge in [-0.05, 0) is 12.1 Å². The van der Waals surface area contributed by atoms with E-state index < -0.39 is 5.91 Å². The Labute approximate surface area is 172 Å². The number of aromatic nitrogens is 3. The first-order chi connectivity index (χ1) is 14.1. The van der Waals surface area contributed by atoms with Gasteiger partial charge in [-0.25, -0.2) is 15.0 Å². The van der Waals surface area contributed by atoms with Crippen molar-refractivity contribution in [3.63, 3.8) is 0 Å². The Morgan fingerprint density at radius 3 is 2.69 bits per heavy atom. The summed E-state index contributed by atoms with van der Waals surface area (Å²) < 4.78 is 5.33. The maximum atomic E-state index is 12.7. The van der Waals surface area contributed by atoms with Crippen molar-refractivity contribution in [2.75, 3.05) is 61.1 Å². The molecule has 0 radical (unpaired) electrons. The Morgan fingerprint density at radius 2 is 1.97 bits per heavy atom. The third-order valence-corrected chi connectivity index (χ3v) is 4.89. The number of nitrogens with zero attached hydrogens (tertiary/aromatic N) is 5. The largest absolute Gasteiger partial charge is 0.378 e. The molecule has 4 heterocycles. The molecule has 0 aromatic carbocycles. The first-order valence-electron chi connectivity index (χ1n) is 9.24. The molecule has 2 saturated heterocycles. The van der Waals surface area contributed by atoms with Crippen molar-refractivity contribution >= 4 is 40.9 Å². The number of piperazine rings is 1. The molecule has 152 valence electrons. The number of hydrogen-bond donors (Lipinski definition) is 2. The summed E-state index contributed by atoms with van der Waals surface area (Å²) in [6.07, 6.45) is 2.97. The van der Waals surface area contributed by atoms with E-state index in [2.05, 4.69) is 25.6 Å². The lowest BCUT2D eigenvalue weighted by molar-refractivity contribution is -0.120. The highest BCUT2D eigenvalue weighted by atomic mass is 35.5. The van der Waals surface area contributed by atoms with Crippen LogP contribution in [-0.2, 0) is 9.53 Å². The highest BCUT2D eigenvalue weighted by molar-refractivity contribution is 6.34. The molecular formula is C18H20ClN7O3. The van der Waals surface area contributed by atoms with Crippen LogP contribution < -0.4 is 20.4 Å². The number of carbonyl (C=O) groups is 2. The molecule has 29 heavy (non-hydrogen) atoms. The number of hydrogen-bond acceptors (Lipinski definition) is 8. The minimum Gasteiger partial charge on any atom is -0.378 e. The lowest BCUT2D eigenvalue weighted by atomic mass is 10.3. The molecule has 4 rings (SSSR count). The number of carbonyl (C=O) groups excluding carboxylic acids is 2. The van der Waals surface area contributed by atoms with Crippen LogP contribution in [-0.4, -0.2) is 72.7 Å². The standard InChI is InChI=1S/C18H20ClN7O3/c19-13-10-22-18(25-5-7-29-8-6-25)24-16(13)17(28)23-12-1-2-14(21-9-12)26-4-3-20-15(27)11-26/h1-2,9-10H,3-8,11H2,(H,20,27)(H,23,28). The van der Waals surface area contributed by atoms with Crippen LogP contribution in [0.15, 0.2) is 24.5 Å². The Kier molecular flexibility index (Phi) is 5.72. The highest BCUT2D eigenvalue weighted by Gasteiger charge is 2.20. The summed E-state index contributed by atoms with van der Waals surface area (Å²) >= 11 is 6.15. The van der Waals surface area contributed by atoms with Crippen molar-refractivity contribution in [2.45, 2.75) is 0 Å². The van der Waals surface area contributed by atoms with Gasteiger partial charge < -0.3 is 25.2 Å². The van der Waals surface area contributed by atoms with Crippen LogP contribution in [0.25, 0.3) is 0 Å². The number of rotatable bonds is 4. The molecule has 2 amide bonds. The third kappa shape index (κ3) is 4.54. The molecule has 0 aliphatic carbocycles. The van der Waals surface area contributed by atoms with Gasteiger partial charge in [0, 0.05) is 26.2 Å². The molecule has 2 N–H and O–H groups in total. The monoisotopic (exact) mass is 417 g/mol. The van der Waals surface area contributed by atoms with Crippen molar-refractivity contribution in [2.24, 2.45) is 0 Å². The van der Waals surface area contributed by atoms with Gasteiger partial charge >= 0.3 is 0 Å². The van der Waals surface area contributed by atoms with Crippen LogP contribution in [0.5, 0.6) is 0 Å². The normalized spacial score (nSPS) is 17.1. The number of anilines is 3. The van der Waals surface area contributed by atoms with Gasteiger partial charge in [-0.3, -0.25) is 9.59 Å². The average Bonchev–Trinajstić information content (AvgIpc) is 2.75. The van der Waals surface area contributed by atoms with Crippen LogP contribution in [0.4, 0.5) is 17.5 Å². The van der Waals surface area contributed by atoms with Gasteiger partial charge in [-0.2, -0.15) is 0 Å². The van der Waals surface area contributed by atoms with Gasteiger partial charge in [0.15, 0.2) is 5.69 Å². The zero-order valence-corrected chi connectivity index (χ0v) is 16.4. The Morgan fingerprint density at radius 1 is 1.14 bits per heavy atom. The van der Waals surface area contributed by atoms with E-state index in [-0.39, 0.29) is 23.2 Å². The summed E-state index contributed by atoms with van der Waals surface area (Å²) in [5, 5.41) is 5.69. The van der Waals surface area contributed by atoms with Crippen molar-refractivity contribution in [1.29, 1.82) is 0 Å². The van der Waals surface area contributed by atoms with Gasteiger partial charge in [0.25, 0.3) is 5.91 Å². The minimum atomic E-state index is -0.446. The first-order valence-corrected chi connectivity index (χ1v) is 9.62. The summed E-state index contributed by atoms with van der Waals surface area (Å²) in [4.78, 5) is 40.9. The molecule has 11 heteroatoms. The van der Waals surface area contributed by atoms with Gasteiger partial charge in [0.2, 0.25) is 11.9 Å². The molecule has 0 bridgehead atoms. The van der Waals surface area contributed by atoms with E-state index in [4.69, 9.17) is 16.3 Å². The maximum Gasteiger partial charge on any atom is 0.276 e. The molecule has 0 spiro atoms. The second-order valence-corrected chi connectivity index (χ2v) is 7.00. The third-order valence-electron chi connectivity index (χ3n) is 4.61. The van der Waals surface area contributed by atoms with E-state index in [1.165, 1.54) is 12.4 Å². The second kappa shape index (κ2) is 8.58. The lowest BCUT2D eigenvalue weighted by Gasteiger charge is -2.27. The fourth-order valence-electron chi connectivity index (χ4n) is 3.10. The molecule has 2 fully saturated rings. The number of nitrogens with one attached hydrogen (secondary N) is 2. The zero-order valence-electron chi connectivity index (χ0n) is 15.6. The molecule has 2 aromatic heterocycles. The first kappa shape index (κ1) is 19.3. The molecule has 0 unspecified atom stereocenters. The Balaban J connectivity index is 1.45. The van der Waals surface area contributed by atoms with Gasteiger partial charge in [0.1, 0.15) is 5.82 Å². The summed E-state index contributed by atoms with van der Waals surface area (Å²) in [5.41, 5.74) is 0.600. The van der Waals surface area contributed by atoms with Crippen molar-refractivity contribution in [3.8, 4) is 0 Å². The van der Waals surface area contributed by atoms with Crippen molar-refractivity contribution in [3.05, 3.63) is 35.2 Å². The minimum absolute atomic E-state index is 0.0371. The SMILES string of the molecule is O=C1CN(c2ccc(NC(=O)c3nc(N4CCOCC4)ncc3Cl)cn2)CCN1. The van der Waals surface area contributed by atoms with Crippen molar-refractivity contribution in [1.82, 2.24) is 20.3 Å². The van der Waals surface area contributed by atoms with Gasteiger partial charge in [-0.1, -0.05) is 11.6 Å². The molecule has 2 aliphatic rings. The van der Waals surface area contributed by atoms with E-state index in [9.17, 15) is 9.59 Å². The lowest BCUT2D eigenvalue weighted by Crippen LogP contribution is -2.48. The summed E-state index contributed by atoms with van der Waals surface area (Å²) in [6.45, 7) is 4.02. The zero-order chi connectivity index (χ0) is 20.2. The number of ether oxygens (including phenoxy) is 1. The predicted octanol–water partition coefficient (Wildman–Crippen LogP) is 0.550. The fraction of sp³-hybridized carbons (Fsp3) is 0.389. The predicted molar refractivity (Wildman–Crippen MR) is 107 cm³/mol. The summed E-state index contributed by atoms with van der Waals surface area (Å²) in [6, 6.07) is 3.49. The number of amides is 2. The molecular weight excluding hydrogens is 398 g/mol. The van der Waals surface area contributed by atoms with Crippen LogP contribution in [0.1, 0.15) is 10.5 Å². The summed E-state index contributed by atoms with van der Waals surface area (Å²) in [5.74, 6) is 0.635. The summed E-state index contributed by atoms with van der Waals surface area (Å²) in [7, 11) is 0. The number of morpholine rings is 1. The van der Waals surface area contributed by atoms with Crippen molar-refractivity contribution < 1.29 is 14.3 Å². The molecule has 0 atom stereocenters. The smallest absolute Gasteiger partial charge is 0.276 e. The highest BCUT2D eigenvalue weighted by Crippen LogP contribution is 2.20. The number of halogens is 1. The fourth-order valence-corrected chi connectivity index (χ4v) is 3.28. The average molecular weight is 418 g/mol. The van der Waals surface area contributed by atoms with Crippen LogP contribution in [0.3, 0.4) is 0 Å². The van der Waals surface area contributed by atoms with Crippen LogP contribution in [0, 0.1) is 0 Å². The topological polar surface area (TPSA) is 113 Å². The van der Waals surface area contributed by atoms with E-state index in [0.717, 1.165) is 0 Å². The van der Waals surface area contributed by atoms with E-state index in [0.29, 0.717) is 56.8 Å². The molecule has 2 aliphatic heterocycles. The molecule has 10 nitrogen and oxygen atoms in total. The van der Waals surface area contributed by atoms with E-state index >= 15 is 0 Å². The number of pyridine rings is 1. The van der Waals surface area contributed by atoms with E-state index in [1.807, 2.05) is 9.80 Å².